The van der Waals surface area contributed by atoms with Gasteiger partial charge in [-0.15, -0.1) is 0 Å². The van der Waals surface area contributed by atoms with Crippen LogP contribution in [0.4, 0.5) is 0 Å². The molecule has 0 heterocycles. The normalized spacial score (nSPS) is 13.3. The third-order valence-electron chi connectivity index (χ3n) is 9.06. The van der Waals surface area contributed by atoms with Crippen molar-refractivity contribution in [1.82, 2.24) is 0 Å². The minimum atomic E-state index is -0.823. The summed E-state index contributed by atoms with van der Waals surface area (Å²) in [7, 11) is 0. The SMILES string of the molecule is CC\C=C/C=C\C=C/C=C\C=C\C=C/C=C\CCCCCC(=O)OCC(COC(=O)CCCCCCC/C=C\CCCC)OC(=O)CCCC/C=C\C/C=C\C/C=C\CC. The highest BCUT2D eigenvalue weighted by molar-refractivity contribution is 5.71. The third kappa shape index (κ3) is 44.6. The van der Waals surface area contributed by atoms with E-state index >= 15 is 0 Å². The van der Waals surface area contributed by atoms with Gasteiger partial charge >= 0.3 is 17.9 Å². The number of esters is 3. The Morgan fingerprint density at radius 3 is 1.28 bits per heavy atom. The van der Waals surface area contributed by atoms with Crippen molar-refractivity contribution in [2.45, 2.75) is 175 Å². The minimum absolute atomic E-state index is 0.118. The van der Waals surface area contributed by atoms with Gasteiger partial charge in [0, 0.05) is 19.3 Å². The van der Waals surface area contributed by atoms with Crippen LogP contribution in [0.25, 0.3) is 0 Å². The molecule has 0 aliphatic heterocycles. The van der Waals surface area contributed by atoms with E-state index in [1.807, 2.05) is 72.9 Å². The molecule has 0 amide bonds. The van der Waals surface area contributed by atoms with Gasteiger partial charge in [0.2, 0.25) is 0 Å². The van der Waals surface area contributed by atoms with Crippen molar-refractivity contribution in [1.29, 1.82) is 0 Å². The smallest absolute Gasteiger partial charge is 0.306 e. The zero-order valence-electron chi connectivity index (χ0n) is 37.9. The topological polar surface area (TPSA) is 78.9 Å². The molecule has 0 N–H and O–H groups in total. The maximum absolute atomic E-state index is 12.7. The van der Waals surface area contributed by atoms with Crippen molar-refractivity contribution in [2.24, 2.45) is 0 Å². The molecule has 60 heavy (non-hydrogen) atoms. The molecular formula is C54H82O6. The Morgan fingerprint density at radius 1 is 0.367 bits per heavy atom. The highest BCUT2D eigenvalue weighted by atomic mass is 16.6. The summed E-state index contributed by atoms with van der Waals surface area (Å²) in [5.41, 5.74) is 0. The summed E-state index contributed by atoms with van der Waals surface area (Å²) in [5, 5.41) is 0. The fourth-order valence-corrected chi connectivity index (χ4v) is 5.59. The molecule has 0 aliphatic carbocycles. The summed E-state index contributed by atoms with van der Waals surface area (Å²) >= 11 is 0. The lowest BCUT2D eigenvalue weighted by Crippen LogP contribution is -2.30. The Morgan fingerprint density at radius 2 is 0.733 bits per heavy atom. The molecule has 0 spiro atoms. The molecule has 334 valence electrons. The lowest BCUT2D eigenvalue weighted by Gasteiger charge is -2.18. The molecule has 0 aromatic carbocycles. The van der Waals surface area contributed by atoms with Crippen molar-refractivity contribution in [3.8, 4) is 0 Å². The molecule has 1 atom stereocenters. The molecular weight excluding hydrogens is 745 g/mol. The Balaban J connectivity index is 4.56. The highest BCUT2D eigenvalue weighted by Crippen LogP contribution is 2.11. The van der Waals surface area contributed by atoms with Crippen molar-refractivity contribution in [3.05, 3.63) is 134 Å². The van der Waals surface area contributed by atoms with E-state index in [1.165, 1.54) is 25.7 Å². The summed E-state index contributed by atoms with van der Waals surface area (Å²) in [6, 6.07) is 0. The first-order chi connectivity index (χ1) is 29.5. The summed E-state index contributed by atoms with van der Waals surface area (Å²) in [6.45, 7) is 6.21. The van der Waals surface area contributed by atoms with Crippen LogP contribution in [0, 0.1) is 0 Å². The van der Waals surface area contributed by atoms with Gasteiger partial charge in [-0.2, -0.15) is 0 Å². The van der Waals surface area contributed by atoms with Crippen molar-refractivity contribution in [3.63, 3.8) is 0 Å². The summed E-state index contributed by atoms with van der Waals surface area (Å²) in [5.74, 6) is -1.03. The number of allylic oxidation sites excluding steroid dienone is 22. The minimum Gasteiger partial charge on any atom is -0.462 e. The number of hydrogen-bond acceptors (Lipinski definition) is 6. The average molecular weight is 827 g/mol. The van der Waals surface area contributed by atoms with Crippen LogP contribution in [0.15, 0.2) is 134 Å². The van der Waals surface area contributed by atoms with E-state index in [2.05, 4.69) is 81.5 Å². The summed E-state index contributed by atoms with van der Waals surface area (Å²) in [4.78, 5) is 37.8. The van der Waals surface area contributed by atoms with E-state index in [-0.39, 0.29) is 44.0 Å². The molecule has 0 fully saturated rings. The fourth-order valence-electron chi connectivity index (χ4n) is 5.59. The molecule has 0 aromatic rings. The van der Waals surface area contributed by atoms with Crippen LogP contribution in [-0.2, 0) is 28.6 Å². The molecule has 0 rings (SSSR count). The maximum atomic E-state index is 12.7. The molecule has 0 radical (unpaired) electrons. The Hall–Kier alpha value is -4.45. The van der Waals surface area contributed by atoms with Gasteiger partial charge in [0.15, 0.2) is 6.10 Å². The Kier molecular flexibility index (Phi) is 43.7. The van der Waals surface area contributed by atoms with Crippen LogP contribution in [0.5, 0.6) is 0 Å². The number of carbonyl (C=O) groups is 3. The first-order valence-corrected chi connectivity index (χ1v) is 23.3. The zero-order chi connectivity index (χ0) is 43.7. The predicted octanol–water partition coefficient (Wildman–Crippen LogP) is 15.1. The first-order valence-electron chi connectivity index (χ1n) is 23.3. The summed E-state index contributed by atoms with van der Waals surface area (Å²) < 4.78 is 16.6. The van der Waals surface area contributed by atoms with Crippen LogP contribution in [0.2, 0.25) is 0 Å². The largest absolute Gasteiger partial charge is 0.462 e. The fraction of sp³-hybridized carbons (Fsp3) is 0.537. The van der Waals surface area contributed by atoms with Crippen LogP contribution >= 0.6 is 0 Å². The molecule has 0 bridgehead atoms. The number of ether oxygens (including phenoxy) is 3. The third-order valence-corrected chi connectivity index (χ3v) is 9.06. The van der Waals surface area contributed by atoms with Crippen molar-refractivity contribution < 1.29 is 28.6 Å². The Labute approximate surface area is 366 Å². The molecule has 1 unspecified atom stereocenters. The van der Waals surface area contributed by atoms with Gasteiger partial charge in [0.1, 0.15) is 13.2 Å². The van der Waals surface area contributed by atoms with E-state index in [0.717, 1.165) is 89.9 Å². The highest BCUT2D eigenvalue weighted by Gasteiger charge is 2.19. The van der Waals surface area contributed by atoms with E-state index in [4.69, 9.17) is 14.2 Å². The summed E-state index contributed by atoms with van der Waals surface area (Å²) in [6.07, 6.45) is 65.8. The van der Waals surface area contributed by atoms with Crippen LogP contribution in [-0.4, -0.2) is 37.2 Å². The van der Waals surface area contributed by atoms with E-state index in [0.29, 0.717) is 19.3 Å². The second kappa shape index (κ2) is 47.2. The first kappa shape index (κ1) is 55.5. The van der Waals surface area contributed by atoms with Crippen molar-refractivity contribution >= 4 is 17.9 Å². The van der Waals surface area contributed by atoms with Gasteiger partial charge in [-0.25, -0.2) is 0 Å². The molecule has 0 saturated heterocycles. The molecule has 0 saturated carbocycles. The number of hydrogen-bond donors (Lipinski definition) is 0. The van der Waals surface area contributed by atoms with E-state index < -0.39 is 6.10 Å². The monoisotopic (exact) mass is 827 g/mol. The lowest BCUT2D eigenvalue weighted by atomic mass is 10.1. The Bertz CT molecular complexity index is 1370. The van der Waals surface area contributed by atoms with Gasteiger partial charge in [0.25, 0.3) is 0 Å². The van der Waals surface area contributed by atoms with Crippen molar-refractivity contribution in [2.75, 3.05) is 13.2 Å². The van der Waals surface area contributed by atoms with Crippen LogP contribution in [0.3, 0.4) is 0 Å². The maximum Gasteiger partial charge on any atom is 0.306 e. The second-order valence-corrected chi connectivity index (χ2v) is 14.7. The second-order valence-electron chi connectivity index (χ2n) is 14.7. The standard InChI is InChI=1S/C54H82O6/c1-4-7-10-13-16-19-22-24-25-26-27-28-29-30-33-35-38-41-44-47-53(56)59-50-51(49-58-52(55)46-43-40-37-34-31-21-18-15-12-9-6-3)60-54(57)48-45-42-39-36-32-23-20-17-14-11-8-5-2/h7-8,10-11,13,15-20,22,24-30,32-33,36,51H,4-6,9,12,14,21,23,31,34-35,37-50H2,1-3H3/b10-7-,11-8-,16-13-,18-15-,20-17-,22-19-,25-24-,27-26+,29-28-,33-30-,36-32-. The van der Waals surface area contributed by atoms with Gasteiger partial charge in [0.05, 0.1) is 0 Å². The predicted molar refractivity (Wildman–Crippen MR) is 256 cm³/mol. The molecule has 6 heteroatoms. The zero-order valence-corrected chi connectivity index (χ0v) is 37.9. The average Bonchev–Trinajstić information content (AvgIpc) is 3.24. The van der Waals surface area contributed by atoms with E-state index in [9.17, 15) is 14.4 Å². The number of rotatable bonds is 39. The molecule has 6 nitrogen and oxygen atoms in total. The van der Waals surface area contributed by atoms with Gasteiger partial charge in [-0.1, -0.05) is 193 Å². The van der Waals surface area contributed by atoms with Gasteiger partial charge < -0.3 is 14.2 Å². The molecule has 0 aromatic heterocycles. The number of carbonyl (C=O) groups excluding carboxylic acids is 3. The van der Waals surface area contributed by atoms with Gasteiger partial charge in [-0.05, 0) is 89.9 Å². The lowest BCUT2D eigenvalue weighted by molar-refractivity contribution is -0.167. The van der Waals surface area contributed by atoms with Crippen LogP contribution in [0.1, 0.15) is 168 Å². The molecule has 0 aliphatic rings. The van der Waals surface area contributed by atoms with E-state index in [1.54, 1.807) is 0 Å². The quantitative estimate of drug-likeness (QED) is 0.0202. The number of unbranched alkanes of at least 4 members (excludes halogenated alkanes) is 12. The van der Waals surface area contributed by atoms with Crippen LogP contribution < -0.4 is 0 Å². The van der Waals surface area contributed by atoms with Gasteiger partial charge in [-0.3, -0.25) is 14.4 Å².